The van der Waals surface area contributed by atoms with Gasteiger partial charge < -0.3 is 9.84 Å². The summed E-state index contributed by atoms with van der Waals surface area (Å²) in [5, 5.41) is 10.8. The van der Waals surface area contributed by atoms with Gasteiger partial charge in [-0.2, -0.15) is 0 Å². The van der Waals surface area contributed by atoms with Crippen LogP contribution in [0.2, 0.25) is 0 Å². The summed E-state index contributed by atoms with van der Waals surface area (Å²) in [5.74, 6) is -0.407. The van der Waals surface area contributed by atoms with E-state index in [9.17, 15) is 9.90 Å². The zero-order valence-corrected chi connectivity index (χ0v) is 12.1. The molecule has 0 heterocycles. The fourth-order valence-electron chi connectivity index (χ4n) is 2.09. The van der Waals surface area contributed by atoms with Crippen LogP contribution in [-0.4, -0.2) is 23.8 Å². The predicted molar refractivity (Wildman–Crippen MR) is 76.5 cm³/mol. The molecule has 0 amide bonds. The van der Waals surface area contributed by atoms with Gasteiger partial charge in [0.05, 0.1) is 7.11 Å². The maximum atomic E-state index is 11.1. The Morgan fingerprint density at radius 3 is 2.68 bits per heavy atom. The van der Waals surface area contributed by atoms with Crippen molar-refractivity contribution in [1.29, 1.82) is 0 Å². The van der Waals surface area contributed by atoms with Gasteiger partial charge in [-0.1, -0.05) is 38.7 Å². The minimum absolute atomic E-state index is 0.332. The summed E-state index contributed by atoms with van der Waals surface area (Å²) in [6, 6.07) is 0. The van der Waals surface area contributed by atoms with Crippen molar-refractivity contribution in [2.45, 2.75) is 32.8 Å². The van der Waals surface area contributed by atoms with Crippen molar-refractivity contribution < 1.29 is 14.6 Å². The molecular formula is C16H22O3. The predicted octanol–water partition coefficient (Wildman–Crippen LogP) is 2.94. The molecule has 0 bridgehead atoms. The van der Waals surface area contributed by atoms with Gasteiger partial charge in [-0.15, -0.1) is 0 Å². The maximum absolute atomic E-state index is 11.1. The average Bonchev–Trinajstić information content (AvgIpc) is 2.33. The van der Waals surface area contributed by atoms with Crippen LogP contribution in [0.4, 0.5) is 0 Å². The molecule has 3 nitrogen and oxygen atoms in total. The molecule has 0 saturated carbocycles. The van der Waals surface area contributed by atoms with E-state index in [4.69, 9.17) is 0 Å². The molecule has 0 fully saturated rings. The molecule has 1 aliphatic rings. The minimum Gasteiger partial charge on any atom is -0.466 e. The van der Waals surface area contributed by atoms with E-state index in [0.29, 0.717) is 5.57 Å². The van der Waals surface area contributed by atoms with Gasteiger partial charge in [0.2, 0.25) is 0 Å². The van der Waals surface area contributed by atoms with Gasteiger partial charge >= 0.3 is 5.97 Å². The summed E-state index contributed by atoms with van der Waals surface area (Å²) >= 11 is 0. The molecule has 104 valence electrons. The highest BCUT2D eigenvalue weighted by atomic mass is 16.5. The third-order valence-electron chi connectivity index (χ3n) is 3.60. The number of carbonyl (C=O) groups excluding carboxylic acids is 1. The van der Waals surface area contributed by atoms with Crippen molar-refractivity contribution >= 4 is 5.97 Å². The smallest absolute Gasteiger partial charge is 0.330 e. The fourth-order valence-corrected chi connectivity index (χ4v) is 2.09. The summed E-state index contributed by atoms with van der Waals surface area (Å²) < 4.78 is 4.56. The van der Waals surface area contributed by atoms with Crippen LogP contribution < -0.4 is 0 Å². The van der Waals surface area contributed by atoms with Crippen LogP contribution in [0.1, 0.15) is 27.2 Å². The number of allylic oxidation sites excluding steroid dienone is 3. The molecule has 1 rings (SSSR count). The Morgan fingerprint density at radius 1 is 1.53 bits per heavy atom. The number of ether oxygens (including phenoxy) is 1. The molecule has 1 aliphatic carbocycles. The molecular weight excluding hydrogens is 240 g/mol. The van der Waals surface area contributed by atoms with Crippen LogP contribution >= 0.6 is 0 Å². The molecule has 0 aromatic carbocycles. The highest BCUT2D eigenvalue weighted by molar-refractivity contribution is 5.83. The number of hydrogen-bond donors (Lipinski definition) is 1. The molecule has 0 radical (unpaired) electrons. The lowest BCUT2D eigenvalue weighted by Crippen LogP contribution is -2.45. The second-order valence-electron chi connectivity index (χ2n) is 5.53. The number of rotatable bonds is 3. The van der Waals surface area contributed by atoms with E-state index in [1.807, 2.05) is 26.0 Å². The topological polar surface area (TPSA) is 46.5 Å². The molecule has 19 heavy (non-hydrogen) atoms. The Balaban J connectivity index is 3.01. The van der Waals surface area contributed by atoms with E-state index >= 15 is 0 Å². The lowest BCUT2D eigenvalue weighted by molar-refractivity contribution is -0.134. The number of aliphatic hydroxyl groups is 1. The summed E-state index contributed by atoms with van der Waals surface area (Å²) in [4.78, 5) is 11.1. The van der Waals surface area contributed by atoms with Crippen molar-refractivity contribution in [2.75, 3.05) is 7.11 Å². The highest BCUT2D eigenvalue weighted by Crippen LogP contribution is 2.44. The Hall–Kier alpha value is -1.61. The maximum Gasteiger partial charge on any atom is 0.330 e. The molecule has 0 aromatic heterocycles. The first kappa shape index (κ1) is 15.4. The summed E-state index contributed by atoms with van der Waals surface area (Å²) in [5.41, 5.74) is -0.0577. The van der Waals surface area contributed by atoms with Gasteiger partial charge in [0.15, 0.2) is 0 Å². The summed E-state index contributed by atoms with van der Waals surface area (Å²) in [6.07, 6.45) is 9.44. The van der Waals surface area contributed by atoms with Crippen molar-refractivity contribution in [1.82, 2.24) is 0 Å². The zero-order chi connectivity index (χ0) is 14.7. The van der Waals surface area contributed by atoms with Crippen LogP contribution in [0, 0.1) is 5.41 Å². The molecule has 0 saturated heterocycles. The number of hydrogen-bond acceptors (Lipinski definition) is 3. The van der Waals surface area contributed by atoms with E-state index in [2.05, 4.69) is 11.3 Å². The Bertz CT molecular complexity index is 466. The van der Waals surface area contributed by atoms with Crippen molar-refractivity contribution in [3.63, 3.8) is 0 Å². The van der Waals surface area contributed by atoms with Crippen molar-refractivity contribution in [3.05, 3.63) is 48.1 Å². The molecule has 1 N–H and O–H groups in total. The van der Waals surface area contributed by atoms with Gasteiger partial charge in [-0.05, 0) is 30.6 Å². The quantitative estimate of drug-likeness (QED) is 0.483. The van der Waals surface area contributed by atoms with Gasteiger partial charge in [-0.25, -0.2) is 4.79 Å². The SMILES string of the molecule is C=C1C=CCC(C)(C)C1(O)/C=C/C(C)=C\C(=O)OC. The first-order valence-electron chi connectivity index (χ1n) is 6.27. The van der Waals surface area contributed by atoms with Gasteiger partial charge in [0, 0.05) is 11.5 Å². The van der Waals surface area contributed by atoms with Crippen LogP contribution in [0.5, 0.6) is 0 Å². The second kappa shape index (κ2) is 5.57. The summed E-state index contributed by atoms with van der Waals surface area (Å²) in [7, 11) is 1.33. The van der Waals surface area contributed by atoms with E-state index in [1.165, 1.54) is 13.2 Å². The Morgan fingerprint density at radius 2 is 2.16 bits per heavy atom. The van der Waals surface area contributed by atoms with Crippen molar-refractivity contribution in [3.8, 4) is 0 Å². The Kier molecular flexibility index (Phi) is 4.53. The van der Waals surface area contributed by atoms with E-state index in [-0.39, 0.29) is 5.41 Å². The monoisotopic (exact) mass is 262 g/mol. The molecule has 3 heteroatoms. The molecule has 1 unspecified atom stereocenters. The van der Waals surface area contributed by atoms with Crippen molar-refractivity contribution in [2.24, 2.45) is 5.41 Å². The van der Waals surface area contributed by atoms with Crippen LogP contribution in [0.15, 0.2) is 48.1 Å². The van der Waals surface area contributed by atoms with Crippen LogP contribution in [0.3, 0.4) is 0 Å². The minimum atomic E-state index is -1.10. The standard InChI is InChI=1S/C16H22O3/c1-12(11-14(17)19-5)8-10-16(18)13(2)7-6-9-15(16,3)4/h6-8,10-11,18H,2,9H2,1,3-5H3/b10-8+,12-11-. The average molecular weight is 262 g/mol. The zero-order valence-electron chi connectivity index (χ0n) is 12.1. The number of carbonyl (C=O) groups is 1. The molecule has 0 aromatic rings. The third kappa shape index (κ3) is 3.24. The van der Waals surface area contributed by atoms with Crippen LogP contribution in [0.25, 0.3) is 0 Å². The van der Waals surface area contributed by atoms with E-state index in [1.54, 1.807) is 19.1 Å². The van der Waals surface area contributed by atoms with Gasteiger partial charge in [0.1, 0.15) is 5.60 Å². The Labute approximate surface area is 115 Å². The molecule has 0 spiro atoms. The van der Waals surface area contributed by atoms with E-state index in [0.717, 1.165) is 12.0 Å². The normalized spacial score (nSPS) is 26.8. The molecule has 0 aliphatic heterocycles. The first-order chi connectivity index (χ1) is 8.73. The highest BCUT2D eigenvalue weighted by Gasteiger charge is 2.43. The lowest BCUT2D eigenvalue weighted by atomic mass is 9.66. The first-order valence-corrected chi connectivity index (χ1v) is 6.27. The van der Waals surface area contributed by atoms with Crippen LogP contribution in [-0.2, 0) is 9.53 Å². The third-order valence-corrected chi connectivity index (χ3v) is 3.60. The largest absolute Gasteiger partial charge is 0.466 e. The summed E-state index contributed by atoms with van der Waals surface area (Å²) in [6.45, 7) is 9.68. The second-order valence-corrected chi connectivity index (χ2v) is 5.53. The molecule has 1 atom stereocenters. The lowest BCUT2D eigenvalue weighted by Gasteiger charge is -2.43. The van der Waals surface area contributed by atoms with Gasteiger partial charge in [0.25, 0.3) is 0 Å². The van der Waals surface area contributed by atoms with E-state index < -0.39 is 11.6 Å². The number of methoxy groups -OCH3 is 1. The fraction of sp³-hybridized carbons (Fsp3) is 0.438. The number of esters is 1. The van der Waals surface area contributed by atoms with Gasteiger partial charge in [-0.3, -0.25) is 0 Å².